The molecule has 0 aliphatic carbocycles. The number of carbonyl (C=O) groups excluding carboxylic acids is 1. The Morgan fingerprint density at radius 2 is 2.31 bits per heavy atom. The van der Waals surface area contributed by atoms with Crippen molar-refractivity contribution in [2.75, 3.05) is 13.1 Å². The molecule has 5 nitrogen and oxygen atoms in total. The first kappa shape index (κ1) is 11.2. The molecule has 0 aromatic carbocycles. The van der Waals surface area contributed by atoms with Gasteiger partial charge in [0.05, 0.1) is 25.2 Å². The number of furan rings is 1. The number of amides is 1. The lowest BCUT2D eigenvalue weighted by atomic mass is 9.91. The zero-order valence-electron chi connectivity index (χ0n) is 9.27. The van der Waals surface area contributed by atoms with Crippen LogP contribution in [0.15, 0.2) is 16.5 Å². The SMILES string of the molecule is CCC1(O)CN(C(=O)c2ccc(CN)o2)C1. The van der Waals surface area contributed by atoms with E-state index in [1.165, 1.54) is 0 Å². The molecule has 5 heteroatoms. The Morgan fingerprint density at radius 1 is 1.62 bits per heavy atom. The van der Waals surface area contributed by atoms with Crippen LogP contribution in [0.4, 0.5) is 0 Å². The molecule has 1 amide bonds. The van der Waals surface area contributed by atoms with Crippen molar-refractivity contribution >= 4 is 5.91 Å². The molecular formula is C11H16N2O3. The number of β-amino-alcohol motifs (C(OH)–C–C–N with tert-alkyl or cyclic N) is 1. The highest BCUT2D eigenvalue weighted by atomic mass is 16.4. The summed E-state index contributed by atoms with van der Waals surface area (Å²) in [6, 6.07) is 3.31. The summed E-state index contributed by atoms with van der Waals surface area (Å²) in [5.41, 5.74) is 4.68. The third kappa shape index (κ3) is 1.83. The van der Waals surface area contributed by atoms with Gasteiger partial charge in [-0.05, 0) is 18.6 Å². The van der Waals surface area contributed by atoms with Crippen molar-refractivity contribution in [1.82, 2.24) is 4.90 Å². The van der Waals surface area contributed by atoms with Crippen molar-refractivity contribution in [3.63, 3.8) is 0 Å². The summed E-state index contributed by atoms with van der Waals surface area (Å²) in [4.78, 5) is 13.4. The maximum Gasteiger partial charge on any atom is 0.289 e. The molecule has 88 valence electrons. The fourth-order valence-corrected chi connectivity index (χ4v) is 1.79. The zero-order chi connectivity index (χ0) is 11.8. The lowest BCUT2D eigenvalue weighted by Gasteiger charge is -2.45. The largest absolute Gasteiger partial charge is 0.455 e. The van der Waals surface area contributed by atoms with E-state index in [0.29, 0.717) is 31.0 Å². The smallest absolute Gasteiger partial charge is 0.289 e. The van der Waals surface area contributed by atoms with E-state index in [2.05, 4.69) is 0 Å². The van der Waals surface area contributed by atoms with Crippen LogP contribution in [-0.4, -0.2) is 34.6 Å². The minimum absolute atomic E-state index is 0.183. The first-order valence-corrected chi connectivity index (χ1v) is 5.38. The van der Waals surface area contributed by atoms with Gasteiger partial charge in [0.1, 0.15) is 5.76 Å². The third-order valence-corrected chi connectivity index (χ3v) is 2.99. The Kier molecular flexibility index (Phi) is 2.73. The highest BCUT2D eigenvalue weighted by molar-refractivity contribution is 5.92. The highest BCUT2D eigenvalue weighted by Crippen LogP contribution is 2.26. The van der Waals surface area contributed by atoms with E-state index in [-0.39, 0.29) is 12.5 Å². The maximum absolute atomic E-state index is 11.8. The van der Waals surface area contributed by atoms with E-state index in [1.807, 2.05) is 6.92 Å². The summed E-state index contributed by atoms with van der Waals surface area (Å²) in [6.45, 7) is 2.94. The predicted octanol–water partition coefficient (Wildman–Crippen LogP) is 0.335. The summed E-state index contributed by atoms with van der Waals surface area (Å²) in [5.74, 6) is 0.700. The average molecular weight is 224 g/mol. The Hall–Kier alpha value is -1.33. The maximum atomic E-state index is 11.8. The zero-order valence-corrected chi connectivity index (χ0v) is 9.27. The topological polar surface area (TPSA) is 79.7 Å². The van der Waals surface area contributed by atoms with Crippen molar-refractivity contribution < 1.29 is 14.3 Å². The Labute approximate surface area is 93.8 Å². The molecule has 2 heterocycles. The third-order valence-electron chi connectivity index (χ3n) is 2.99. The molecule has 1 saturated heterocycles. The van der Waals surface area contributed by atoms with Crippen LogP contribution in [-0.2, 0) is 6.54 Å². The van der Waals surface area contributed by atoms with Crippen LogP contribution in [0.3, 0.4) is 0 Å². The highest BCUT2D eigenvalue weighted by Gasteiger charge is 2.42. The van der Waals surface area contributed by atoms with Gasteiger partial charge in [-0.25, -0.2) is 0 Å². The van der Waals surface area contributed by atoms with Gasteiger partial charge in [0.15, 0.2) is 5.76 Å². The monoisotopic (exact) mass is 224 g/mol. The summed E-state index contributed by atoms with van der Waals surface area (Å²) in [6.07, 6.45) is 0.656. The molecule has 0 spiro atoms. The predicted molar refractivity (Wildman–Crippen MR) is 57.7 cm³/mol. The van der Waals surface area contributed by atoms with Gasteiger partial charge in [-0.1, -0.05) is 6.92 Å². The van der Waals surface area contributed by atoms with Gasteiger partial charge in [-0.2, -0.15) is 0 Å². The van der Waals surface area contributed by atoms with Gasteiger partial charge >= 0.3 is 0 Å². The molecule has 0 radical (unpaired) electrons. The van der Waals surface area contributed by atoms with Crippen molar-refractivity contribution in [2.45, 2.75) is 25.5 Å². The van der Waals surface area contributed by atoms with Gasteiger partial charge < -0.3 is 20.2 Å². The first-order valence-electron chi connectivity index (χ1n) is 5.38. The van der Waals surface area contributed by atoms with Crippen LogP contribution >= 0.6 is 0 Å². The van der Waals surface area contributed by atoms with Crippen molar-refractivity contribution in [2.24, 2.45) is 5.73 Å². The van der Waals surface area contributed by atoms with Gasteiger partial charge in [0, 0.05) is 0 Å². The van der Waals surface area contributed by atoms with Crippen LogP contribution < -0.4 is 5.73 Å². The summed E-state index contributed by atoms with van der Waals surface area (Å²) < 4.78 is 5.26. The van der Waals surface area contributed by atoms with Gasteiger partial charge in [0.25, 0.3) is 5.91 Å². The number of aliphatic hydroxyl groups is 1. The van der Waals surface area contributed by atoms with Gasteiger partial charge in [-0.15, -0.1) is 0 Å². The number of hydrogen-bond acceptors (Lipinski definition) is 4. The standard InChI is InChI=1S/C11H16N2O3/c1-2-11(15)6-13(7-11)10(14)9-4-3-8(5-12)16-9/h3-4,15H,2,5-7,12H2,1H3. The Morgan fingerprint density at radius 3 is 2.81 bits per heavy atom. The fraction of sp³-hybridized carbons (Fsp3) is 0.545. The second-order valence-electron chi connectivity index (χ2n) is 4.21. The molecule has 2 rings (SSSR count). The van der Waals surface area contributed by atoms with E-state index >= 15 is 0 Å². The molecule has 0 bridgehead atoms. The molecule has 3 N–H and O–H groups in total. The number of nitrogens with zero attached hydrogens (tertiary/aromatic N) is 1. The van der Waals surface area contributed by atoms with Crippen LogP contribution in [0.25, 0.3) is 0 Å². The van der Waals surface area contributed by atoms with E-state index in [9.17, 15) is 9.90 Å². The molecule has 1 aromatic heterocycles. The Bertz CT molecular complexity index is 394. The first-order chi connectivity index (χ1) is 7.58. The molecular weight excluding hydrogens is 208 g/mol. The van der Waals surface area contributed by atoms with Crippen LogP contribution in [0, 0.1) is 0 Å². The van der Waals surface area contributed by atoms with E-state index in [4.69, 9.17) is 10.2 Å². The molecule has 1 aliphatic heterocycles. The van der Waals surface area contributed by atoms with Gasteiger partial charge in [-0.3, -0.25) is 4.79 Å². The van der Waals surface area contributed by atoms with Gasteiger partial charge in [0.2, 0.25) is 0 Å². The summed E-state index contributed by atoms with van der Waals surface area (Å²) >= 11 is 0. The van der Waals surface area contributed by atoms with Crippen molar-refractivity contribution in [3.8, 4) is 0 Å². The second kappa shape index (κ2) is 3.92. The van der Waals surface area contributed by atoms with Crippen LogP contribution in [0.1, 0.15) is 29.7 Å². The summed E-state index contributed by atoms with van der Waals surface area (Å²) in [5, 5.41) is 9.79. The van der Waals surface area contributed by atoms with E-state index < -0.39 is 5.60 Å². The number of nitrogens with two attached hydrogens (primary N) is 1. The minimum Gasteiger partial charge on any atom is -0.455 e. The normalized spacial score (nSPS) is 18.3. The lowest BCUT2D eigenvalue weighted by molar-refractivity contribution is -0.0834. The molecule has 1 aliphatic rings. The molecule has 1 aromatic rings. The molecule has 1 fully saturated rings. The molecule has 16 heavy (non-hydrogen) atoms. The van der Waals surface area contributed by atoms with Crippen LogP contribution in [0.5, 0.6) is 0 Å². The fourth-order valence-electron chi connectivity index (χ4n) is 1.79. The number of rotatable bonds is 3. The van der Waals surface area contributed by atoms with Crippen molar-refractivity contribution in [3.05, 3.63) is 23.7 Å². The van der Waals surface area contributed by atoms with E-state index in [0.717, 1.165) is 0 Å². The minimum atomic E-state index is -0.709. The molecule has 0 unspecified atom stereocenters. The number of hydrogen-bond donors (Lipinski definition) is 2. The molecule has 0 saturated carbocycles. The van der Waals surface area contributed by atoms with E-state index in [1.54, 1.807) is 17.0 Å². The average Bonchev–Trinajstić information content (AvgIpc) is 2.72. The second-order valence-corrected chi connectivity index (χ2v) is 4.21. The summed E-state index contributed by atoms with van der Waals surface area (Å²) in [7, 11) is 0. The molecule has 0 atom stereocenters. The lowest BCUT2D eigenvalue weighted by Crippen LogP contribution is -2.63. The number of likely N-dealkylation sites (tertiary alicyclic amines) is 1. The quantitative estimate of drug-likeness (QED) is 0.775. The number of carbonyl (C=O) groups is 1. The Balaban J connectivity index is 2.00. The van der Waals surface area contributed by atoms with Crippen LogP contribution in [0.2, 0.25) is 0 Å². The van der Waals surface area contributed by atoms with Crippen molar-refractivity contribution in [1.29, 1.82) is 0 Å².